The van der Waals surface area contributed by atoms with Crippen LogP contribution in [0.2, 0.25) is 0 Å². The number of aliphatic hydroxyl groups is 1. The van der Waals surface area contributed by atoms with Gasteiger partial charge in [0.2, 0.25) is 0 Å². The quantitative estimate of drug-likeness (QED) is 0.817. The van der Waals surface area contributed by atoms with E-state index in [1.165, 1.54) is 11.1 Å². The van der Waals surface area contributed by atoms with Crippen LogP contribution < -0.4 is 5.48 Å². The molecule has 1 heterocycles. The maximum atomic E-state index is 9.82. The molecule has 1 aromatic carbocycles. The minimum absolute atomic E-state index is 0.0990. The Labute approximate surface area is 102 Å². The third-order valence-corrected chi connectivity index (χ3v) is 4.38. The van der Waals surface area contributed by atoms with Gasteiger partial charge in [-0.25, -0.2) is 0 Å². The highest BCUT2D eigenvalue weighted by molar-refractivity contribution is 5.41. The van der Waals surface area contributed by atoms with Gasteiger partial charge in [-0.3, -0.25) is 4.84 Å². The first-order valence-corrected chi connectivity index (χ1v) is 6.38. The molecule has 1 aliphatic carbocycles. The second kappa shape index (κ2) is 3.80. The van der Waals surface area contributed by atoms with Crippen molar-refractivity contribution < 1.29 is 9.94 Å². The molecule has 0 aromatic heterocycles. The van der Waals surface area contributed by atoms with Crippen LogP contribution in [0.3, 0.4) is 0 Å². The molecule has 0 radical (unpaired) electrons. The zero-order valence-electron chi connectivity index (χ0n) is 10.3. The highest BCUT2D eigenvalue weighted by atomic mass is 16.7. The maximum absolute atomic E-state index is 9.82. The van der Waals surface area contributed by atoms with Crippen molar-refractivity contribution in [3.63, 3.8) is 0 Å². The Bertz CT molecular complexity index is 432. The molecule has 17 heavy (non-hydrogen) atoms. The first-order chi connectivity index (χ1) is 8.19. The molecule has 1 saturated heterocycles. The monoisotopic (exact) mass is 233 g/mol. The molecule has 3 heteroatoms. The zero-order chi connectivity index (χ0) is 12.0. The van der Waals surface area contributed by atoms with Crippen LogP contribution in [0.4, 0.5) is 0 Å². The van der Waals surface area contributed by atoms with Gasteiger partial charge < -0.3 is 5.11 Å². The lowest BCUT2D eigenvalue weighted by Gasteiger charge is -2.28. The van der Waals surface area contributed by atoms with Crippen molar-refractivity contribution in [2.24, 2.45) is 5.92 Å². The van der Waals surface area contributed by atoms with Crippen molar-refractivity contribution in [1.29, 1.82) is 0 Å². The van der Waals surface area contributed by atoms with E-state index < -0.39 is 6.10 Å². The van der Waals surface area contributed by atoms with Gasteiger partial charge in [0, 0.05) is 5.92 Å². The van der Waals surface area contributed by atoms with E-state index in [2.05, 4.69) is 36.7 Å². The molecule has 0 bridgehead atoms. The minimum Gasteiger partial charge on any atom is -0.391 e. The number of hydrogen-bond acceptors (Lipinski definition) is 3. The fraction of sp³-hybridized carbons (Fsp3) is 0.571. The molecule has 92 valence electrons. The van der Waals surface area contributed by atoms with E-state index in [4.69, 9.17) is 4.84 Å². The molecule has 3 rings (SSSR count). The topological polar surface area (TPSA) is 41.5 Å². The Kier molecular flexibility index (Phi) is 2.51. The van der Waals surface area contributed by atoms with E-state index in [0.29, 0.717) is 5.92 Å². The van der Waals surface area contributed by atoms with E-state index >= 15 is 0 Å². The normalized spacial score (nSPS) is 36.6. The van der Waals surface area contributed by atoms with Gasteiger partial charge >= 0.3 is 0 Å². The fourth-order valence-electron chi connectivity index (χ4n) is 3.49. The van der Waals surface area contributed by atoms with Crippen LogP contribution in [0, 0.1) is 5.92 Å². The molecule has 2 aliphatic rings. The van der Waals surface area contributed by atoms with E-state index in [1.807, 2.05) is 0 Å². The molecular formula is C14H19NO2. The summed E-state index contributed by atoms with van der Waals surface area (Å²) < 4.78 is 0. The van der Waals surface area contributed by atoms with Crippen LogP contribution in [0.15, 0.2) is 24.3 Å². The Morgan fingerprint density at radius 2 is 2.29 bits per heavy atom. The number of aliphatic hydroxyl groups excluding tert-OH is 1. The molecule has 0 saturated carbocycles. The fourth-order valence-corrected chi connectivity index (χ4v) is 3.49. The Morgan fingerprint density at radius 1 is 1.53 bits per heavy atom. The lowest BCUT2D eigenvalue weighted by Crippen LogP contribution is -2.39. The second-order valence-corrected chi connectivity index (χ2v) is 5.22. The first-order valence-electron chi connectivity index (χ1n) is 6.38. The van der Waals surface area contributed by atoms with Crippen molar-refractivity contribution in [3.8, 4) is 0 Å². The van der Waals surface area contributed by atoms with Gasteiger partial charge in [-0.2, -0.15) is 5.48 Å². The molecule has 0 spiro atoms. The number of fused-ring (bicyclic) bond motifs is 3. The van der Waals surface area contributed by atoms with Gasteiger partial charge in [-0.15, -0.1) is 0 Å². The number of nitrogens with one attached hydrogen (secondary N) is 1. The van der Waals surface area contributed by atoms with Crippen molar-refractivity contribution in [3.05, 3.63) is 35.4 Å². The van der Waals surface area contributed by atoms with Crippen LogP contribution in [0.1, 0.15) is 31.4 Å². The van der Waals surface area contributed by atoms with E-state index in [0.717, 1.165) is 12.8 Å². The molecule has 1 fully saturated rings. The van der Waals surface area contributed by atoms with Crippen molar-refractivity contribution >= 4 is 0 Å². The van der Waals surface area contributed by atoms with Gasteiger partial charge in [0.1, 0.15) is 6.10 Å². The number of hydrogen-bond donors (Lipinski definition) is 2. The highest BCUT2D eigenvalue weighted by Crippen LogP contribution is 2.49. The van der Waals surface area contributed by atoms with Crippen molar-refractivity contribution in [1.82, 2.24) is 5.48 Å². The summed E-state index contributed by atoms with van der Waals surface area (Å²) in [6.45, 7) is 3.98. The summed E-state index contributed by atoms with van der Waals surface area (Å²) >= 11 is 0. The SMILES string of the molecule is CC[C@@]12NO[C@@H]([C@@H](C)O)[C@@H]1Cc1ccccc12. The number of rotatable bonds is 2. The van der Waals surface area contributed by atoms with Crippen molar-refractivity contribution in [2.75, 3.05) is 0 Å². The van der Waals surface area contributed by atoms with Gasteiger partial charge in [-0.05, 0) is 30.9 Å². The number of benzene rings is 1. The molecule has 0 unspecified atom stereocenters. The summed E-state index contributed by atoms with van der Waals surface area (Å²) in [5, 5.41) is 9.82. The largest absolute Gasteiger partial charge is 0.391 e. The summed E-state index contributed by atoms with van der Waals surface area (Å²) in [5.74, 6) is 0.338. The lowest BCUT2D eigenvalue weighted by atomic mass is 9.79. The molecule has 0 amide bonds. The lowest BCUT2D eigenvalue weighted by molar-refractivity contribution is -0.0533. The first kappa shape index (κ1) is 11.2. The van der Waals surface area contributed by atoms with Crippen LogP contribution in [0.5, 0.6) is 0 Å². The molecule has 1 aromatic rings. The third-order valence-electron chi connectivity index (χ3n) is 4.38. The Morgan fingerprint density at radius 3 is 3.00 bits per heavy atom. The molecular weight excluding hydrogens is 214 g/mol. The maximum Gasteiger partial charge on any atom is 0.110 e. The van der Waals surface area contributed by atoms with Gasteiger partial charge in [0.15, 0.2) is 0 Å². The molecule has 4 atom stereocenters. The van der Waals surface area contributed by atoms with Crippen LogP contribution >= 0.6 is 0 Å². The van der Waals surface area contributed by atoms with E-state index in [9.17, 15) is 5.11 Å². The zero-order valence-corrected chi connectivity index (χ0v) is 10.3. The molecule has 3 nitrogen and oxygen atoms in total. The summed E-state index contributed by atoms with van der Waals surface area (Å²) in [7, 11) is 0. The standard InChI is InChI=1S/C14H19NO2/c1-3-14-11-7-5-4-6-10(11)8-12(14)13(9(2)16)17-15-14/h4-7,9,12-13,15-16H,3,8H2,1-2H3/t9-,12+,13+,14+/m1/s1. The predicted molar refractivity (Wildman–Crippen MR) is 65.3 cm³/mol. The van der Waals surface area contributed by atoms with Crippen LogP contribution in [-0.4, -0.2) is 17.3 Å². The van der Waals surface area contributed by atoms with E-state index in [1.54, 1.807) is 6.92 Å². The van der Waals surface area contributed by atoms with E-state index in [-0.39, 0.29) is 11.6 Å². The Balaban J connectivity index is 2.06. The summed E-state index contributed by atoms with van der Waals surface area (Å²) in [5.41, 5.74) is 5.84. The second-order valence-electron chi connectivity index (χ2n) is 5.22. The molecule has 1 aliphatic heterocycles. The smallest absolute Gasteiger partial charge is 0.110 e. The minimum atomic E-state index is -0.435. The summed E-state index contributed by atoms with van der Waals surface area (Å²) in [6, 6.07) is 8.53. The highest BCUT2D eigenvalue weighted by Gasteiger charge is 2.55. The third kappa shape index (κ3) is 1.39. The average Bonchev–Trinajstić information content (AvgIpc) is 2.82. The summed E-state index contributed by atoms with van der Waals surface area (Å²) in [4.78, 5) is 5.63. The van der Waals surface area contributed by atoms with Crippen LogP contribution in [0.25, 0.3) is 0 Å². The van der Waals surface area contributed by atoms with Gasteiger partial charge in [0.05, 0.1) is 11.6 Å². The number of hydroxylamine groups is 1. The Hall–Kier alpha value is -0.900. The average molecular weight is 233 g/mol. The van der Waals surface area contributed by atoms with Gasteiger partial charge in [0.25, 0.3) is 0 Å². The van der Waals surface area contributed by atoms with Crippen molar-refractivity contribution in [2.45, 2.75) is 44.4 Å². The predicted octanol–water partition coefficient (Wildman–Crippen LogP) is 1.75. The van der Waals surface area contributed by atoms with Crippen LogP contribution in [-0.2, 0) is 16.8 Å². The summed E-state index contributed by atoms with van der Waals surface area (Å²) in [6.07, 6.45) is 1.43. The van der Waals surface area contributed by atoms with Gasteiger partial charge in [-0.1, -0.05) is 31.2 Å². The molecule has 2 N–H and O–H groups in total.